The van der Waals surface area contributed by atoms with Gasteiger partial charge in [-0.05, 0) is 247 Å². The maximum absolute atomic E-state index is 6.53. The highest BCUT2D eigenvalue weighted by Gasteiger charge is 2.52. The van der Waals surface area contributed by atoms with Crippen molar-refractivity contribution in [2.75, 3.05) is 0 Å². The zero-order valence-electron chi connectivity index (χ0n) is 72.3. The first kappa shape index (κ1) is 72.0. The predicted molar refractivity (Wildman–Crippen MR) is 550 cm³/mol. The second kappa shape index (κ2) is 26.1. The van der Waals surface area contributed by atoms with Gasteiger partial charge < -0.3 is 56.2 Å². The van der Waals surface area contributed by atoms with E-state index in [4.69, 9.17) is 37.9 Å². The Morgan fingerprint density at radius 3 is 0.912 bits per heavy atom. The molecule has 16 heterocycles. The molecule has 0 saturated carbocycles. The van der Waals surface area contributed by atoms with Crippen molar-refractivity contribution in [1.82, 2.24) is 18.3 Å². The van der Waals surface area contributed by atoms with Gasteiger partial charge >= 0.3 is 0 Å². The van der Waals surface area contributed by atoms with Gasteiger partial charge in [0, 0.05) is 93.1 Å². The average Bonchev–Trinajstić information content (AvgIpc) is 1.45. The van der Waals surface area contributed by atoms with E-state index in [1.807, 2.05) is 24.3 Å². The molecular formula is C120H64B4N4O8. The zero-order chi connectivity index (χ0) is 87.9. The molecule has 36 rings (SSSR count). The molecule has 0 unspecified atom stereocenters. The smallest absolute Gasteiger partial charge is 0.266 e. The number of fused-ring (bicyclic) bond motifs is 16. The Kier molecular flexibility index (Phi) is 13.8. The van der Waals surface area contributed by atoms with Gasteiger partial charge in [0.1, 0.15) is 92.0 Å². The third-order valence-corrected chi connectivity index (χ3v) is 30.6. The number of hydrogen-bond acceptors (Lipinski definition) is 8. The highest BCUT2D eigenvalue weighted by Crippen LogP contribution is 2.52. The Bertz CT molecular complexity index is 9560. The van der Waals surface area contributed by atoms with Crippen LogP contribution in [0.25, 0.3) is 154 Å². The van der Waals surface area contributed by atoms with Crippen LogP contribution in [0.1, 0.15) is 0 Å². The van der Waals surface area contributed by atoms with Crippen LogP contribution in [-0.4, -0.2) is 45.1 Å². The molecule has 0 N–H and O–H groups in total. The maximum Gasteiger partial charge on any atom is 0.266 e. The largest absolute Gasteiger partial charge is 0.458 e. The highest BCUT2D eigenvalue weighted by molar-refractivity contribution is 7.03. The van der Waals surface area contributed by atoms with Crippen LogP contribution in [0.3, 0.4) is 0 Å². The lowest BCUT2D eigenvalue weighted by Crippen LogP contribution is -2.60. The van der Waals surface area contributed by atoms with Crippen molar-refractivity contribution < 1.29 is 37.9 Å². The summed E-state index contributed by atoms with van der Waals surface area (Å²) in [5.41, 5.74) is 38.9. The molecule has 0 bridgehead atoms. The van der Waals surface area contributed by atoms with E-state index in [1.54, 1.807) is 0 Å². The molecule has 0 aliphatic carbocycles. The van der Waals surface area contributed by atoms with Crippen LogP contribution in [0.15, 0.2) is 388 Å². The van der Waals surface area contributed by atoms with E-state index in [-0.39, 0.29) is 26.9 Å². The van der Waals surface area contributed by atoms with Crippen molar-refractivity contribution in [3.05, 3.63) is 388 Å². The van der Waals surface area contributed by atoms with Gasteiger partial charge in [-0.15, -0.1) is 0 Å². The molecule has 20 aromatic carbocycles. The van der Waals surface area contributed by atoms with E-state index in [0.29, 0.717) is 0 Å². The third-order valence-electron chi connectivity index (χ3n) is 30.6. The normalized spacial score (nSPS) is 13.7. The van der Waals surface area contributed by atoms with Crippen LogP contribution in [-0.2, 0) is 0 Å². The molecule has 0 fully saturated rings. The van der Waals surface area contributed by atoms with Crippen LogP contribution in [0.2, 0.25) is 0 Å². The van der Waals surface area contributed by atoms with Gasteiger partial charge in [0.05, 0.1) is 49.8 Å². The first-order valence-corrected chi connectivity index (χ1v) is 46.6. The summed E-state index contributed by atoms with van der Waals surface area (Å²) in [6, 6.07) is 137. The van der Waals surface area contributed by atoms with E-state index < -0.39 is 0 Å². The summed E-state index contributed by atoms with van der Waals surface area (Å²) >= 11 is 0. The molecular weight excluding hydrogens is 1670 g/mol. The minimum atomic E-state index is 0.0814. The SMILES string of the molecule is c1ccc(-c2ccc3c(c2)c2ccc4c5c2n3-c2cccc3c2B5c2c(cccc2O4)O3)cc1.c1ccc(-c2ccc3c4c2-n2c5ccccc5c5ccc6c(c52)B4c2c(cccc2O6)O3)cc1.c1ccc(-c2ccc3c4ccc5c6c4n(c3c2)-c2cccc3c2B6c2c(cccc2O5)O3)cc1.c1ccc(-c2cccc3c4ccc5c6c4n(c23)-c2cccc3c2B6c2c(cccc2O5)O3)cc1. The van der Waals surface area contributed by atoms with Crippen molar-refractivity contribution in [2.45, 2.75) is 0 Å². The van der Waals surface area contributed by atoms with E-state index in [0.717, 1.165) is 114 Å². The monoisotopic (exact) mass is 1730 g/mol. The Morgan fingerprint density at radius 2 is 0.441 bits per heavy atom. The van der Waals surface area contributed by atoms with Crippen LogP contribution in [0, 0.1) is 0 Å². The molecule has 0 radical (unpaired) electrons. The number of nitrogens with zero attached hydrogens (tertiary/aromatic N) is 4. The summed E-state index contributed by atoms with van der Waals surface area (Å²) in [7, 11) is 0. The predicted octanol–water partition coefficient (Wildman–Crippen LogP) is 22.0. The van der Waals surface area contributed by atoms with Crippen LogP contribution in [0.5, 0.6) is 92.0 Å². The van der Waals surface area contributed by atoms with E-state index in [2.05, 4.69) is 382 Å². The number of aromatic nitrogens is 4. The lowest BCUT2D eigenvalue weighted by atomic mass is 9.33. The van der Waals surface area contributed by atoms with Crippen molar-refractivity contribution in [1.29, 1.82) is 0 Å². The maximum atomic E-state index is 6.53. The van der Waals surface area contributed by atoms with E-state index in [1.165, 1.54) is 198 Å². The van der Waals surface area contributed by atoms with Gasteiger partial charge in [-0.2, -0.15) is 0 Å². The second-order valence-electron chi connectivity index (χ2n) is 37.1. The number of hydrogen-bond donors (Lipinski definition) is 0. The minimum Gasteiger partial charge on any atom is -0.458 e. The van der Waals surface area contributed by atoms with Gasteiger partial charge in [-0.3, -0.25) is 0 Å². The Morgan fingerprint density at radius 1 is 0.147 bits per heavy atom. The first-order valence-electron chi connectivity index (χ1n) is 46.6. The van der Waals surface area contributed by atoms with Crippen molar-refractivity contribution in [2.24, 2.45) is 0 Å². The standard InChI is InChI=1S/4C30H16BNO2/c1-2-7-17(8-3-1)18-9-4-10-19-20-15-16-25-28-30(20)32(29(18)19)21-11-5-12-22-26(21)31(28)27-23(33-22)13-6-14-24(27)34-25;1-2-6-17(7-3-1)18-12-14-21-20(16-18)19-13-15-26-29-30(19)32(21)22-8-4-9-23-27(22)31(29)28-24(33-23)10-5-11-25(28)34-26;1-2-6-17(7-3-1)18-12-13-19-20-14-15-26-29-30(20)32(22(19)16-18)21-8-4-9-23-27(21)31(29)28-24(33-23)10-5-11-25(28)34-26;1-2-7-17(8-3-1)18-13-15-24-27-29(18)32-21-10-5-4-9-19(21)20-14-16-25-28(30(20)32)31(27)26-22(33-24)11-6-12-23(26)34-25/h4*1-16H. The molecule has 0 amide bonds. The molecule has 0 saturated heterocycles. The first-order chi connectivity index (χ1) is 67.5. The van der Waals surface area contributed by atoms with Crippen molar-refractivity contribution >= 4 is 180 Å². The van der Waals surface area contributed by atoms with Gasteiger partial charge in [0.2, 0.25) is 0 Å². The van der Waals surface area contributed by atoms with Crippen molar-refractivity contribution in [3.8, 4) is 159 Å². The quantitative estimate of drug-likeness (QED) is 0.161. The fraction of sp³-hybridized carbons (Fsp3) is 0. The molecule has 4 aromatic heterocycles. The Balaban J connectivity index is 0.0000000814. The fourth-order valence-electron chi connectivity index (χ4n) is 25.4. The van der Waals surface area contributed by atoms with Crippen molar-refractivity contribution in [3.63, 3.8) is 0 Å². The number of ether oxygens (including phenoxy) is 8. The number of rotatable bonds is 4. The molecule has 136 heavy (non-hydrogen) atoms. The zero-order valence-corrected chi connectivity index (χ0v) is 72.3. The summed E-state index contributed by atoms with van der Waals surface area (Å²) in [4.78, 5) is 0. The van der Waals surface area contributed by atoms with Crippen LogP contribution < -0.4 is 103 Å². The van der Waals surface area contributed by atoms with E-state index >= 15 is 0 Å². The topological polar surface area (TPSA) is 93.6 Å². The summed E-state index contributed by atoms with van der Waals surface area (Å²) in [6.45, 7) is 0.418. The molecule has 12 aliphatic rings. The second-order valence-corrected chi connectivity index (χ2v) is 37.1. The Hall–Kier alpha value is -17.7. The summed E-state index contributed by atoms with van der Waals surface area (Å²) in [5.74, 6) is 14.6. The van der Waals surface area contributed by atoms with Gasteiger partial charge in [-0.1, -0.05) is 218 Å². The third kappa shape index (κ3) is 9.27. The molecule has 624 valence electrons. The molecule has 0 atom stereocenters. The minimum absolute atomic E-state index is 0.0814. The summed E-state index contributed by atoms with van der Waals surface area (Å²) in [5, 5.41) is 10.1. The van der Waals surface area contributed by atoms with Gasteiger partial charge in [0.25, 0.3) is 26.9 Å². The van der Waals surface area contributed by atoms with Crippen LogP contribution in [0.4, 0.5) is 0 Å². The molecule has 16 heteroatoms. The lowest BCUT2D eigenvalue weighted by Gasteiger charge is -2.38. The van der Waals surface area contributed by atoms with Gasteiger partial charge in [-0.25, -0.2) is 0 Å². The lowest BCUT2D eigenvalue weighted by molar-refractivity contribution is 0.464. The highest BCUT2D eigenvalue weighted by atomic mass is 16.5. The fourth-order valence-corrected chi connectivity index (χ4v) is 25.4. The van der Waals surface area contributed by atoms with Crippen LogP contribution >= 0.6 is 0 Å². The molecule has 0 spiro atoms. The molecule has 12 aliphatic heterocycles. The average molecular weight is 1730 g/mol. The summed E-state index contributed by atoms with van der Waals surface area (Å²) < 4.78 is 61.5. The van der Waals surface area contributed by atoms with Gasteiger partial charge in [0.15, 0.2) is 0 Å². The molecule has 24 aromatic rings. The number of benzene rings is 20. The van der Waals surface area contributed by atoms with E-state index in [9.17, 15) is 0 Å². The summed E-state index contributed by atoms with van der Waals surface area (Å²) in [6.07, 6.45) is 0. The number of para-hydroxylation sites is 2. The molecule has 12 nitrogen and oxygen atoms in total. The Labute approximate surface area is 778 Å².